The van der Waals surface area contributed by atoms with E-state index < -0.39 is 10.0 Å². The molecule has 0 amide bonds. The van der Waals surface area contributed by atoms with Crippen molar-refractivity contribution in [2.45, 2.75) is 25.7 Å². The summed E-state index contributed by atoms with van der Waals surface area (Å²) in [6.07, 6.45) is 3.06. The minimum Gasteiger partial charge on any atom is -0.368 e. The molecule has 0 unspecified atom stereocenters. The Morgan fingerprint density at radius 1 is 0.806 bits per heavy atom. The summed E-state index contributed by atoms with van der Waals surface area (Å²) in [6, 6.07) is 13.9. The van der Waals surface area contributed by atoms with Crippen LogP contribution in [0.15, 0.2) is 59.8 Å². The summed E-state index contributed by atoms with van der Waals surface area (Å²) in [6.45, 7) is 9.06. The molecule has 0 bridgehead atoms. The summed E-state index contributed by atoms with van der Waals surface area (Å²) in [7, 11) is -3.71. The molecule has 0 atom stereocenters. The van der Waals surface area contributed by atoms with Gasteiger partial charge in [-0.05, 0) is 55.7 Å². The van der Waals surface area contributed by atoms with Crippen LogP contribution < -0.4 is 14.5 Å². The number of nitrogens with one attached hydrogen (secondary N) is 1. The van der Waals surface area contributed by atoms with E-state index in [0.29, 0.717) is 17.2 Å². The molecule has 2 aromatic carbocycles. The maximum Gasteiger partial charge on any atom is 0.262 e. The summed E-state index contributed by atoms with van der Waals surface area (Å²) in [5.74, 6) is 0.609. The lowest BCUT2D eigenvalue weighted by molar-refractivity contribution is 0.600. The van der Waals surface area contributed by atoms with Crippen molar-refractivity contribution >= 4 is 27.3 Å². The average molecular weight is 438 g/mol. The third kappa shape index (κ3) is 4.64. The molecule has 0 spiro atoms. The molecule has 0 aliphatic carbocycles. The number of hydrogen-bond donors (Lipinski definition) is 1. The van der Waals surface area contributed by atoms with E-state index in [-0.39, 0.29) is 4.90 Å². The van der Waals surface area contributed by atoms with Gasteiger partial charge in [0.1, 0.15) is 0 Å². The highest BCUT2D eigenvalue weighted by Gasteiger charge is 2.21. The van der Waals surface area contributed by atoms with Crippen LogP contribution in [-0.4, -0.2) is 44.6 Å². The first-order valence-corrected chi connectivity index (χ1v) is 11.8. The Morgan fingerprint density at radius 2 is 1.39 bits per heavy atom. The van der Waals surface area contributed by atoms with Gasteiger partial charge in [-0.25, -0.2) is 18.4 Å². The zero-order chi connectivity index (χ0) is 22.0. The van der Waals surface area contributed by atoms with Gasteiger partial charge in [-0.2, -0.15) is 0 Å². The van der Waals surface area contributed by atoms with Crippen molar-refractivity contribution in [3.8, 4) is 0 Å². The van der Waals surface area contributed by atoms with E-state index >= 15 is 0 Å². The van der Waals surface area contributed by atoms with Gasteiger partial charge in [0.2, 0.25) is 5.95 Å². The molecule has 0 radical (unpaired) electrons. The number of aryl methyl sites for hydroxylation is 3. The molecule has 4 rings (SSSR count). The summed E-state index contributed by atoms with van der Waals surface area (Å²) in [5.41, 5.74) is 4.28. The van der Waals surface area contributed by atoms with Crippen LogP contribution in [0, 0.1) is 20.8 Å². The zero-order valence-corrected chi connectivity index (χ0v) is 18.9. The quantitative estimate of drug-likeness (QED) is 0.658. The number of rotatable bonds is 5. The average Bonchev–Trinajstić information content (AvgIpc) is 2.77. The van der Waals surface area contributed by atoms with Crippen LogP contribution in [0.2, 0.25) is 0 Å². The fourth-order valence-electron chi connectivity index (χ4n) is 3.77. The van der Waals surface area contributed by atoms with Crippen molar-refractivity contribution in [2.75, 3.05) is 40.7 Å². The third-order valence-corrected chi connectivity index (χ3v) is 7.18. The number of sulfonamides is 1. The van der Waals surface area contributed by atoms with Crippen molar-refractivity contribution < 1.29 is 8.42 Å². The predicted octanol–water partition coefficient (Wildman–Crippen LogP) is 3.53. The highest BCUT2D eigenvalue weighted by Crippen LogP contribution is 2.23. The maximum absolute atomic E-state index is 12.9. The molecule has 1 aliphatic heterocycles. The van der Waals surface area contributed by atoms with Crippen molar-refractivity contribution in [1.29, 1.82) is 0 Å². The number of aromatic nitrogens is 2. The molecular weight excluding hydrogens is 410 g/mol. The molecule has 162 valence electrons. The summed E-state index contributed by atoms with van der Waals surface area (Å²) in [5, 5.41) is 0. The van der Waals surface area contributed by atoms with Crippen LogP contribution in [0.4, 0.5) is 17.3 Å². The zero-order valence-electron chi connectivity index (χ0n) is 18.0. The van der Waals surface area contributed by atoms with Gasteiger partial charge in [0.15, 0.2) is 0 Å². The van der Waals surface area contributed by atoms with Crippen molar-refractivity contribution in [3.63, 3.8) is 0 Å². The Hall–Kier alpha value is -3.13. The Bertz CT molecular complexity index is 1160. The van der Waals surface area contributed by atoms with Crippen LogP contribution in [0.3, 0.4) is 0 Å². The second kappa shape index (κ2) is 8.55. The van der Waals surface area contributed by atoms with E-state index in [4.69, 9.17) is 0 Å². The molecule has 1 N–H and O–H groups in total. The van der Waals surface area contributed by atoms with Crippen LogP contribution in [0.5, 0.6) is 0 Å². The maximum atomic E-state index is 12.9. The SMILES string of the molecule is Cc1cc(C)c(S(=O)(=O)Nc2cnc(N3CCN(c4ccccc4)CC3)nc2)cc1C. The predicted molar refractivity (Wildman–Crippen MR) is 124 cm³/mol. The van der Waals surface area contributed by atoms with Gasteiger partial charge in [-0.3, -0.25) is 4.72 Å². The Morgan fingerprint density at radius 3 is 2.03 bits per heavy atom. The smallest absolute Gasteiger partial charge is 0.262 e. The first kappa shape index (κ1) is 21.1. The van der Waals surface area contributed by atoms with E-state index in [2.05, 4.69) is 36.6 Å². The first-order chi connectivity index (χ1) is 14.8. The van der Waals surface area contributed by atoms with Crippen molar-refractivity contribution in [1.82, 2.24) is 9.97 Å². The van der Waals surface area contributed by atoms with Gasteiger partial charge in [0, 0.05) is 31.9 Å². The lowest BCUT2D eigenvalue weighted by Gasteiger charge is -2.36. The van der Waals surface area contributed by atoms with Gasteiger partial charge in [0.05, 0.1) is 23.0 Å². The molecule has 1 aliphatic rings. The number of anilines is 3. The fraction of sp³-hybridized carbons (Fsp3) is 0.304. The standard InChI is InChI=1S/C23H27N5O2S/c1-17-13-19(3)22(14-18(17)2)31(29,30)26-20-15-24-23(25-16-20)28-11-9-27(10-12-28)21-7-5-4-6-8-21/h4-8,13-16,26H,9-12H2,1-3H3. The minimum atomic E-state index is -3.71. The molecule has 0 saturated carbocycles. The second-order valence-electron chi connectivity index (χ2n) is 7.89. The minimum absolute atomic E-state index is 0.275. The second-order valence-corrected chi connectivity index (χ2v) is 9.54. The molecule has 3 aromatic rings. The number of benzene rings is 2. The highest BCUT2D eigenvalue weighted by molar-refractivity contribution is 7.92. The molecule has 31 heavy (non-hydrogen) atoms. The third-order valence-electron chi connectivity index (χ3n) is 5.66. The summed E-state index contributed by atoms with van der Waals surface area (Å²) < 4.78 is 28.3. The van der Waals surface area contributed by atoms with Gasteiger partial charge in [-0.15, -0.1) is 0 Å². The molecular formula is C23H27N5O2S. The summed E-state index contributed by atoms with van der Waals surface area (Å²) >= 11 is 0. The van der Waals surface area contributed by atoms with Crippen LogP contribution in [0.25, 0.3) is 0 Å². The van der Waals surface area contributed by atoms with Crippen LogP contribution >= 0.6 is 0 Å². The molecule has 2 heterocycles. The number of nitrogens with zero attached hydrogens (tertiary/aromatic N) is 4. The number of piperazine rings is 1. The summed E-state index contributed by atoms with van der Waals surface area (Å²) in [4.78, 5) is 13.5. The lowest BCUT2D eigenvalue weighted by atomic mass is 10.1. The topological polar surface area (TPSA) is 78.4 Å². The van der Waals surface area contributed by atoms with Gasteiger partial charge < -0.3 is 9.80 Å². The van der Waals surface area contributed by atoms with Gasteiger partial charge >= 0.3 is 0 Å². The Labute approximate surface area is 183 Å². The van der Waals surface area contributed by atoms with E-state index in [1.807, 2.05) is 38.1 Å². The highest BCUT2D eigenvalue weighted by atomic mass is 32.2. The molecule has 1 aromatic heterocycles. The van der Waals surface area contributed by atoms with Gasteiger partial charge in [0.25, 0.3) is 10.0 Å². The monoisotopic (exact) mass is 437 g/mol. The van der Waals surface area contributed by atoms with E-state index in [0.717, 1.165) is 37.3 Å². The normalized spacial score (nSPS) is 14.5. The van der Waals surface area contributed by atoms with Gasteiger partial charge in [-0.1, -0.05) is 24.3 Å². The van der Waals surface area contributed by atoms with Crippen molar-refractivity contribution in [2.24, 2.45) is 0 Å². The first-order valence-electron chi connectivity index (χ1n) is 10.3. The number of para-hydroxylation sites is 1. The molecule has 1 fully saturated rings. The molecule has 8 heteroatoms. The van der Waals surface area contributed by atoms with E-state index in [1.54, 1.807) is 13.0 Å². The van der Waals surface area contributed by atoms with E-state index in [1.165, 1.54) is 18.1 Å². The lowest BCUT2D eigenvalue weighted by Crippen LogP contribution is -2.47. The molecule has 7 nitrogen and oxygen atoms in total. The van der Waals surface area contributed by atoms with Crippen LogP contribution in [0.1, 0.15) is 16.7 Å². The van der Waals surface area contributed by atoms with Crippen LogP contribution in [-0.2, 0) is 10.0 Å². The van der Waals surface area contributed by atoms with Crippen molar-refractivity contribution in [3.05, 3.63) is 71.5 Å². The Kier molecular flexibility index (Phi) is 5.82. The Balaban J connectivity index is 1.42. The van der Waals surface area contributed by atoms with E-state index in [9.17, 15) is 8.42 Å². The molecule has 1 saturated heterocycles. The fourth-order valence-corrected chi connectivity index (χ4v) is 5.11. The largest absolute Gasteiger partial charge is 0.368 e. The number of hydrogen-bond acceptors (Lipinski definition) is 6.